The second-order valence-electron chi connectivity index (χ2n) is 6.45. The second-order valence-corrected chi connectivity index (χ2v) is 7.29. The maximum Gasteiger partial charge on any atom is 0.261 e. The lowest BCUT2D eigenvalue weighted by molar-refractivity contribution is 0.0973. The predicted octanol–water partition coefficient (Wildman–Crippen LogP) is 5.01. The van der Waals surface area contributed by atoms with Gasteiger partial charge in [0, 0.05) is 16.1 Å². The molecule has 0 aliphatic carbocycles. The van der Waals surface area contributed by atoms with Crippen molar-refractivity contribution in [1.29, 1.82) is 0 Å². The highest BCUT2D eigenvalue weighted by molar-refractivity contribution is 7.80. The Labute approximate surface area is 185 Å². The van der Waals surface area contributed by atoms with Gasteiger partial charge in [-0.05, 0) is 49.0 Å². The summed E-state index contributed by atoms with van der Waals surface area (Å²) in [7, 11) is 1.50. The number of ketones is 1. The van der Waals surface area contributed by atoms with Gasteiger partial charge in [0.25, 0.3) is 5.91 Å². The molecule has 0 unspecified atom stereocenters. The Hall–Kier alpha value is -3.22. The van der Waals surface area contributed by atoms with Crippen molar-refractivity contribution in [2.75, 3.05) is 12.4 Å². The normalized spacial score (nSPS) is 10.2. The number of hydrogen-bond acceptors (Lipinski definition) is 4. The first-order valence-electron chi connectivity index (χ1n) is 9.06. The third kappa shape index (κ3) is 4.84. The van der Waals surface area contributed by atoms with Crippen LogP contribution in [0.3, 0.4) is 0 Å². The molecule has 3 aromatic rings. The number of methoxy groups -OCH3 is 1. The number of thiocarbonyl (C=S) groups is 1. The van der Waals surface area contributed by atoms with Crippen LogP contribution < -0.4 is 15.4 Å². The molecule has 1 amide bonds. The summed E-state index contributed by atoms with van der Waals surface area (Å²) in [6, 6.07) is 18.9. The number of para-hydroxylation sites is 1. The van der Waals surface area contributed by atoms with Crippen molar-refractivity contribution >= 4 is 46.3 Å². The Morgan fingerprint density at radius 1 is 0.967 bits per heavy atom. The minimum atomic E-state index is -0.419. The van der Waals surface area contributed by atoms with Crippen molar-refractivity contribution < 1.29 is 14.3 Å². The zero-order valence-corrected chi connectivity index (χ0v) is 17.9. The van der Waals surface area contributed by atoms with Gasteiger partial charge in [0.1, 0.15) is 5.75 Å². The van der Waals surface area contributed by atoms with Crippen molar-refractivity contribution in [3.8, 4) is 5.75 Å². The number of carbonyl (C=O) groups is 2. The van der Waals surface area contributed by atoms with Crippen LogP contribution >= 0.6 is 23.8 Å². The second kappa shape index (κ2) is 9.52. The molecule has 0 heterocycles. The number of halogens is 1. The van der Waals surface area contributed by atoms with Crippen LogP contribution in [0.1, 0.15) is 31.8 Å². The van der Waals surface area contributed by atoms with Gasteiger partial charge in [-0.1, -0.05) is 54.1 Å². The maximum atomic E-state index is 12.9. The molecular formula is C23H19ClN2O3S. The van der Waals surface area contributed by atoms with Crippen molar-refractivity contribution in [2.24, 2.45) is 0 Å². The largest absolute Gasteiger partial charge is 0.496 e. The van der Waals surface area contributed by atoms with Crippen LogP contribution in [0.4, 0.5) is 5.69 Å². The van der Waals surface area contributed by atoms with Crippen molar-refractivity contribution in [1.82, 2.24) is 5.32 Å². The third-order valence-corrected chi connectivity index (χ3v) is 4.84. The number of hydrogen-bond donors (Lipinski definition) is 2. The summed E-state index contributed by atoms with van der Waals surface area (Å²) in [5.41, 5.74) is 2.49. The standard InChI is InChI=1S/C23H19ClN2O3S/c1-14-7-6-10-17(21(14)29-2)22(28)26-23(30)25-19-12-11-16(24)13-18(19)20(27)15-8-4-3-5-9-15/h3-13H,1-2H3,(H2,25,26,28,30). The van der Waals surface area contributed by atoms with E-state index in [0.29, 0.717) is 33.1 Å². The zero-order valence-electron chi connectivity index (χ0n) is 16.4. The third-order valence-electron chi connectivity index (χ3n) is 4.40. The Bertz CT molecular complexity index is 1120. The van der Waals surface area contributed by atoms with Gasteiger partial charge in [-0.2, -0.15) is 0 Å². The van der Waals surface area contributed by atoms with Gasteiger partial charge in [-0.25, -0.2) is 0 Å². The molecule has 30 heavy (non-hydrogen) atoms. The molecule has 152 valence electrons. The summed E-state index contributed by atoms with van der Waals surface area (Å²) < 4.78 is 5.33. The minimum absolute atomic E-state index is 0.0491. The Balaban J connectivity index is 1.82. The molecular weight excluding hydrogens is 420 g/mol. The molecule has 0 atom stereocenters. The molecule has 0 aromatic heterocycles. The first-order chi connectivity index (χ1) is 14.4. The summed E-state index contributed by atoms with van der Waals surface area (Å²) >= 11 is 11.4. The number of benzene rings is 3. The Morgan fingerprint density at radius 3 is 2.40 bits per heavy atom. The van der Waals surface area contributed by atoms with E-state index >= 15 is 0 Å². The molecule has 3 rings (SSSR count). The lowest BCUT2D eigenvalue weighted by Crippen LogP contribution is -2.34. The van der Waals surface area contributed by atoms with Gasteiger partial charge < -0.3 is 10.1 Å². The molecule has 2 N–H and O–H groups in total. The molecule has 0 fully saturated rings. The quantitative estimate of drug-likeness (QED) is 0.432. The van der Waals surface area contributed by atoms with E-state index in [1.807, 2.05) is 19.1 Å². The van der Waals surface area contributed by atoms with Crippen LogP contribution in [-0.2, 0) is 0 Å². The van der Waals surface area contributed by atoms with Gasteiger partial charge in [0.2, 0.25) is 0 Å². The highest BCUT2D eigenvalue weighted by Gasteiger charge is 2.18. The predicted molar refractivity (Wildman–Crippen MR) is 123 cm³/mol. The minimum Gasteiger partial charge on any atom is -0.496 e. The highest BCUT2D eigenvalue weighted by atomic mass is 35.5. The summed E-state index contributed by atoms with van der Waals surface area (Å²) in [5.74, 6) is -0.155. The molecule has 0 radical (unpaired) electrons. The first-order valence-corrected chi connectivity index (χ1v) is 9.84. The summed E-state index contributed by atoms with van der Waals surface area (Å²) in [6.07, 6.45) is 0. The molecule has 0 saturated heterocycles. The average Bonchev–Trinajstić information content (AvgIpc) is 2.74. The average molecular weight is 439 g/mol. The monoisotopic (exact) mass is 438 g/mol. The van der Waals surface area contributed by atoms with Crippen LogP contribution in [-0.4, -0.2) is 23.9 Å². The van der Waals surface area contributed by atoms with Gasteiger partial charge in [-0.15, -0.1) is 0 Å². The summed E-state index contributed by atoms with van der Waals surface area (Å²) in [4.78, 5) is 25.6. The highest BCUT2D eigenvalue weighted by Crippen LogP contribution is 2.25. The van der Waals surface area contributed by atoms with E-state index in [2.05, 4.69) is 10.6 Å². The number of anilines is 1. The Morgan fingerprint density at radius 2 is 1.70 bits per heavy atom. The molecule has 7 heteroatoms. The van der Waals surface area contributed by atoms with Crippen molar-refractivity contribution in [2.45, 2.75) is 6.92 Å². The molecule has 0 saturated carbocycles. The fraction of sp³-hybridized carbons (Fsp3) is 0.0870. The number of ether oxygens (including phenoxy) is 1. The lowest BCUT2D eigenvalue weighted by atomic mass is 10.0. The molecule has 0 aliphatic heterocycles. The van der Waals surface area contributed by atoms with Gasteiger partial charge >= 0.3 is 0 Å². The van der Waals surface area contributed by atoms with E-state index in [9.17, 15) is 9.59 Å². The fourth-order valence-corrected chi connectivity index (χ4v) is 3.36. The zero-order chi connectivity index (χ0) is 21.7. The van der Waals surface area contributed by atoms with Crippen LogP contribution in [0.2, 0.25) is 5.02 Å². The number of aryl methyl sites for hydroxylation is 1. The SMILES string of the molecule is COc1c(C)cccc1C(=O)NC(=S)Nc1ccc(Cl)cc1C(=O)c1ccccc1. The molecule has 3 aromatic carbocycles. The molecule has 0 bridgehead atoms. The summed E-state index contributed by atoms with van der Waals surface area (Å²) in [6.45, 7) is 1.85. The van der Waals surface area contributed by atoms with E-state index < -0.39 is 5.91 Å². The smallest absolute Gasteiger partial charge is 0.261 e. The van der Waals surface area contributed by atoms with Crippen LogP contribution in [0, 0.1) is 6.92 Å². The number of nitrogens with one attached hydrogen (secondary N) is 2. The topological polar surface area (TPSA) is 67.4 Å². The van der Waals surface area contributed by atoms with Crippen molar-refractivity contribution in [3.05, 3.63) is 94.0 Å². The van der Waals surface area contributed by atoms with Crippen molar-refractivity contribution in [3.63, 3.8) is 0 Å². The van der Waals surface area contributed by atoms with Gasteiger partial charge in [0.15, 0.2) is 10.9 Å². The molecule has 0 spiro atoms. The van der Waals surface area contributed by atoms with E-state index in [1.54, 1.807) is 54.6 Å². The molecule has 5 nitrogen and oxygen atoms in total. The van der Waals surface area contributed by atoms with Crippen LogP contribution in [0.5, 0.6) is 5.75 Å². The fourth-order valence-electron chi connectivity index (χ4n) is 2.98. The van der Waals surface area contributed by atoms with Gasteiger partial charge in [0.05, 0.1) is 18.4 Å². The van der Waals surface area contributed by atoms with E-state index in [0.717, 1.165) is 5.56 Å². The van der Waals surface area contributed by atoms with E-state index in [4.69, 9.17) is 28.6 Å². The van der Waals surface area contributed by atoms with Gasteiger partial charge in [-0.3, -0.25) is 14.9 Å². The Kier molecular flexibility index (Phi) is 6.82. The maximum absolute atomic E-state index is 12.9. The van der Waals surface area contributed by atoms with E-state index in [1.165, 1.54) is 7.11 Å². The van der Waals surface area contributed by atoms with E-state index in [-0.39, 0.29) is 10.9 Å². The van der Waals surface area contributed by atoms with Crippen LogP contribution in [0.15, 0.2) is 66.7 Å². The summed E-state index contributed by atoms with van der Waals surface area (Å²) in [5, 5.41) is 6.01. The number of carbonyl (C=O) groups excluding carboxylic acids is 2. The first kappa shape index (κ1) is 21.5. The lowest BCUT2D eigenvalue weighted by Gasteiger charge is -2.15. The number of rotatable bonds is 5. The van der Waals surface area contributed by atoms with Crippen LogP contribution in [0.25, 0.3) is 0 Å². The number of amides is 1. The molecule has 0 aliphatic rings.